The first kappa shape index (κ1) is 19.6. The van der Waals surface area contributed by atoms with Crippen LogP contribution in [0.5, 0.6) is 0 Å². The molecular formula is C17H24N2O5. The van der Waals surface area contributed by atoms with Gasteiger partial charge < -0.3 is 20.1 Å². The molecule has 0 aromatic heterocycles. The first-order valence-electron chi connectivity index (χ1n) is 7.72. The molecular weight excluding hydrogens is 312 g/mol. The van der Waals surface area contributed by atoms with Crippen molar-refractivity contribution < 1.29 is 23.9 Å². The zero-order valence-electron chi connectivity index (χ0n) is 14.2. The van der Waals surface area contributed by atoms with E-state index in [-0.39, 0.29) is 31.4 Å². The van der Waals surface area contributed by atoms with Crippen LogP contribution in [0.3, 0.4) is 0 Å². The minimum Gasteiger partial charge on any atom is -0.467 e. The van der Waals surface area contributed by atoms with Crippen molar-refractivity contribution in [1.29, 1.82) is 0 Å². The highest BCUT2D eigenvalue weighted by atomic mass is 16.6. The van der Waals surface area contributed by atoms with Crippen LogP contribution in [0.25, 0.3) is 0 Å². The Bertz CT molecular complexity index is 545. The molecule has 1 amide bonds. The zero-order valence-corrected chi connectivity index (χ0v) is 14.2. The van der Waals surface area contributed by atoms with Gasteiger partial charge in [-0.25, -0.2) is 9.59 Å². The lowest BCUT2D eigenvalue weighted by Crippen LogP contribution is -2.48. The molecule has 0 saturated carbocycles. The van der Waals surface area contributed by atoms with Crippen molar-refractivity contribution in [1.82, 2.24) is 10.6 Å². The van der Waals surface area contributed by atoms with Gasteiger partial charge in [-0.15, -0.1) is 0 Å². The number of ether oxygens (including phenoxy) is 2. The molecule has 0 bridgehead atoms. The molecule has 0 aliphatic rings. The van der Waals surface area contributed by atoms with Crippen molar-refractivity contribution in [3.63, 3.8) is 0 Å². The van der Waals surface area contributed by atoms with Crippen LogP contribution in [0.2, 0.25) is 0 Å². The molecule has 0 unspecified atom stereocenters. The maximum Gasteiger partial charge on any atom is 0.408 e. The van der Waals surface area contributed by atoms with E-state index in [9.17, 15) is 14.4 Å². The third kappa shape index (κ3) is 7.23. The first-order valence-corrected chi connectivity index (χ1v) is 7.72. The van der Waals surface area contributed by atoms with Crippen LogP contribution in [-0.2, 0) is 25.7 Å². The van der Waals surface area contributed by atoms with E-state index in [0.717, 1.165) is 5.56 Å². The number of benzene rings is 1. The Hall–Kier alpha value is -2.41. The molecule has 0 aliphatic carbocycles. The molecule has 7 heteroatoms. The Morgan fingerprint density at radius 2 is 1.79 bits per heavy atom. The molecule has 0 spiro atoms. The summed E-state index contributed by atoms with van der Waals surface area (Å²) in [5.41, 5.74) is 0.836. The maximum atomic E-state index is 11.8. The SMILES string of the molecule is COC(=O)[C@H](CNCC(=O)C(C)C)NC(=O)OCc1ccccc1. The van der Waals surface area contributed by atoms with Crippen LogP contribution in [0.4, 0.5) is 4.79 Å². The number of carbonyl (C=O) groups excluding carboxylic acids is 3. The van der Waals surface area contributed by atoms with Gasteiger partial charge in [-0.05, 0) is 5.56 Å². The lowest BCUT2D eigenvalue weighted by Gasteiger charge is -2.17. The minimum absolute atomic E-state index is 0.0188. The number of nitrogens with one attached hydrogen (secondary N) is 2. The molecule has 0 heterocycles. The van der Waals surface area contributed by atoms with Crippen LogP contribution < -0.4 is 10.6 Å². The van der Waals surface area contributed by atoms with E-state index in [0.29, 0.717) is 0 Å². The Morgan fingerprint density at radius 3 is 2.38 bits per heavy atom. The number of carbonyl (C=O) groups is 3. The van der Waals surface area contributed by atoms with Crippen LogP contribution in [0.15, 0.2) is 30.3 Å². The summed E-state index contributed by atoms with van der Waals surface area (Å²) in [4.78, 5) is 35.1. The van der Waals surface area contributed by atoms with Gasteiger partial charge in [0, 0.05) is 12.5 Å². The Kier molecular flexibility index (Phi) is 8.49. The van der Waals surface area contributed by atoms with E-state index in [2.05, 4.69) is 15.4 Å². The minimum atomic E-state index is -0.932. The third-order valence-corrected chi connectivity index (χ3v) is 3.28. The van der Waals surface area contributed by atoms with Gasteiger partial charge in [0.2, 0.25) is 0 Å². The molecule has 1 rings (SSSR count). The summed E-state index contributed by atoms with van der Waals surface area (Å²) in [5, 5.41) is 5.27. The van der Waals surface area contributed by atoms with Crippen LogP contribution in [-0.4, -0.2) is 44.1 Å². The molecule has 1 atom stereocenters. The predicted octanol–water partition coefficient (Wildman–Crippen LogP) is 1.27. The smallest absolute Gasteiger partial charge is 0.408 e. The second-order valence-electron chi connectivity index (χ2n) is 5.53. The van der Waals surface area contributed by atoms with Crippen LogP contribution in [0, 0.1) is 5.92 Å². The fourth-order valence-corrected chi connectivity index (χ4v) is 1.79. The van der Waals surface area contributed by atoms with Crippen molar-refractivity contribution in [3.05, 3.63) is 35.9 Å². The van der Waals surface area contributed by atoms with E-state index in [1.807, 2.05) is 30.3 Å². The number of alkyl carbamates (subject to hydrolysis) is 1. The Labute approximate surface area is 141 Å². The second-order valence-corrected chi connectivity index (χ2v) is 5.53. The Morgan fingerprint density at radius 1 is 1.12 bits per heavy atom. The standard InChI is InChI=1S/C17H24N2O5/c1-12(2)15(20)10-18-9-14(16(21)23-3)19-17(22)24-11-13-7-5-4-6-8-13/h4-8,12,14,18H,9-11H2,1-3H3,(H,19,22)/t14-/m0/s1. The fourth-order valence-electron chi connectivity index (χ4n) is 1.79. The summed E-state index contributed by atoms with van der Waals surface area (Å²) in [6, 6.07) is 8.25. The summed E-state index contributed by atoms with van der Waals surface area (Å²) in [6.45, 7) is 3.87. The van der Waals surface area contributed by atoms with Gasteiger partial charge in [0.15, 0.2) is 0 Å². The number of rotatable bonds is 9. The number of Topliss-reactive ketones (excluding diaryl/α,β-unsaturated/α-hetero) is 1. The highest BCUT2D eigenvalue weighted by molar-refractivity contribution is 5.83. The number of hydrogen-bond donors (Lipinski definition) is 2. The van der Waals surface area contributed by atoms with Crippen molar-refractivity contribution >= 4 is 17.8 Å². The highest BCUT2D eigenvalue weighted by Crippen LogP contribution is 2.01. The topological polar surface area (TPSA) is 93.7 Å². The summed E-state index contributed by atoms with van der Waals surface area (Å²) < 4.78 is 9.71. The van der Waals surface area contributed by atoms with Gasteiger partial charge in [-0.3, -0.25) is 4.79 Å². The molecule has 0 fully saturated rings. The van der Waals surface area contributed by atoms with Gasteiger partial charge in [0.05, 0.1) is 13.7 Å². The lowest BCUT2D eigenvalue weighted by atomic mass is 10.1. The third-order valence-electron chi connectivity index (χ3n) is 3.28. The quantitative estimate of drug-likeness (QED) is 0.660. The molecule has 1 aromatic rings. The average molecular weight is 336 g/mol. The molecule has 0 saturated heterocycles. The lowest BCUT2D eigenvalue weighted by molar-refractivity contribution is -0.143. The molecule has 2 N–H and O–H groups in total. The fraction of sp³-hybridized carbons (Fsp3) is 0.471. The van der Waals surface area contributed by atoms with Gasteiger partial charge in [-0.2, -0.15) is 0 Å². The van der Waals surface area contributed by atoms with Crippen molar-refractivity contribution in [3.8, 4) is 0 Å². The van der Waals surface area contributed by atoms with Crippen molar-refractivity contribution in [2.45, 2.75) is 26.5 Å². The van der Waals surface area contributed by atoms with E-state index in [4.69, 9.17) is 4.74 Å². The second kappa shape index (κ2) is 10.4. The number of esters is 1. The van der Waals surface area contributed by atoms with Crippen molar-refractivity contribution in [2.24, 2.45) is 5.92 Å². The zero-order chi connectivity index (χ0) is 17.9. The first-order chi connectivity index (χ1) is 11.4. The Balaban J connectivity index is 2.45. The highest BCUT2D eigenvalue weighted by Gasteiger charge is 2.22. The largest absolute Gasteiger partial charge is 0.467 e. The van der Waals surface area contributed by atoms with Crippen LogP contribution >= 0.6 is 0 Å². The number of hydrogen-bond acceptors (Lipinski definition) is 6. The van der Waals surface area contributed by atoms with E-state index in [1.165, 1.54) is 7.11 Å². The summed E-state index contributed by atoms with van der Waals surface area (Å²) in [6.07, 6.45) is -0.730. The van der Waals surface area contributed by atoms with Crippen LogP contribution in [0.1, 0.15) is 19.4 Å². The number of amides is 1. The molecule has 0 aliphatic heterocycles. The summed E-state index contributed by atoms with van der Waals surface area (Å²) in [7, 11) is 1.23. The molecule has 132 valence electrons. The molecule has 24 heavy (non-hydrogen) atoms. The van der Waals surface area contributed by atoms with Gasteiger partial charge in [0.1, 0.15) is 18.4 Å². The number of ketones is 1. The van der Waals surface area contributed by atoms with Crippen molar-refractivity contribution in [2.75, 3.05) is 20.2 Å². The van der Waals surface area contributed by atoms with E-state index in [1.54, 1.807) is 13.8 Å². The normalized spacial score (nSPS) is 11.7. The molecule has 7 nitrogen and oxygen atoms in total. The van der Waals surface area contributed by atoms with Gasteiger partial charge in [-0.1, -0.05) is 44.2 Å². The summed E-state index contributed by atoms with van der Waals surface area (Å²) >= 11 is 0. The van der Waals surface area contributed by atoms with E-state index >= 15 is 0 Å². The number of methoxy groups -OCH3 is 1. The van der Waals surface area contributed by atoms with E-state index < -0.39 is 18.1 Å². The average Bonchev–Trinajstić information content (AvgIpc) is 2.59. The maximum absolute atomic E-state index is 11.8. The molecule has 1 aromatic carbocycles. The van der Waals surface area contributed by atoms with Gasteiger partial charge in [0.25, 0.3) is 0 Å². The van der Waals surface area contributed by atoms with Gasteiger partial charge >= 0.3 is 12.1 Å². The predicted molar refractivity (Wildman–Crippen MR) is 88.3 cm³/mol. The monoisotopic (exact) mass is 336 g/mol. The summed E-state index contributed by atoms with van der Waals surface area (Å²) in [5.74, 6) is -0.695. The molecule has 0 radical (unpaired) electrons.